The lowest BCUT2D eigenvalue weighted by atomic mass is 9.92. The topological polar surface area (TPSA) is 42.4 Å². The van der Waals surface area contributed by atoms with Crippen LogP contribution >= 0.6 is 23.2 Å². The smallest absolute Gasteiger partial charge is 0.253 e. The van der Waals surface area contributed by atoms with E-state index in [1.54, 1.807) is 17.3 Å². The van der Waals surface area contributed by atoms with Crippen LogP contribution in [0.1, 0.15) is 23.3 Å². The summed E-state index contributed by atoms with van der Waals surface area (Å²) in [6.07, 6.45) is 3.02. The van der Waals surface area contributed by atoms with Crippen molar-refractivity contribution in [3.8, 4) is 0 Å². The minimum Gasteiger partial charge on any atom is -0.361 e. The van der Waals surface area contributed by atoms with Crippen LogP contribution in [-0.4, -0.2) is 17.5 Å². The highest BCUT2D eigenvalue weighted by Gasteiger charge is 2.39. The summed E-state index contributed by atoms with van der Waals surface area (Å²) in [5, 5.41) is 1.29. The molecular weight excluding hydrogens is 383 g/mol. The Morgan fingerprint density at radius 3 is 2.15 bits per heavy atom. The summed E-state index contributed by atoms with van der Waals surface area (Å²) in [6.45, 7) is -0.00766. The molecule has 1 saturated heterocycles. The van der Waals surface area contributed by atoms with Gasteiger partial charge in [0.05, 0.1) is 17.9 Å². The number of hydrogen-bond acceptors (Lipinski definition) is 3. The molecule has 1 amide bonds. The second-order valence-electron chi connectivity index (χ2n) is 6.25. The lowest BCUT2D eigenvalue weighted by molar-refractivity contribution is -0.132. The summed E-state index contributed by atoms with van der Waals surface area (Å²) in [5.41, 5.74) is 2.60. The summed E-state index contributed by atoms with van der Waals surface area (Å²) in [5.74, 6) is -0.117. The van der Waals surface area contributed by atoms with Crippen LogP contribution in [0.5, 0.6) is 0 Å². The van der Waals surface area contributed by atoms with E-state index in [0.29, 0.717) is 10.0 Å². The highest BCUT2D eigenvalue weighted by atomic mass is 35.5. The molecule has 2 aromatic carbocycles. The number of anilines is 1. The Kier molecular flexibility index (Phi) is 5.12. The Morgan fingerprint density at radius 2 is 1.56 bits per heavy atom. The molecule has 1 fully saturated rings. The number of carbonyl (C=O) groups excluding carboxylic acids is 1. The molecule has 1 aliphatic rings. The highest BCUT2D eigenvalue weighted by molar-refractivity contribution is 6.30. The van der Waals surface area contributed by atoms with E-state index in [2.05, 4.69) is 4.98 Å². The van der Waals surface area contributed by atoms with Gasteiger partial charge in [0.2, 0.25) is 0 Å². The number of nitrogens with zero attached hydrogens (tertiary/aromatic N) is 2. The van der Waals surface area contributed by atoms with E-state index in [1.807, 2.05) is 60.7 Å². The number of aromatic nitrogens is 1. The van der Waals surface area contributed by atoms with Crippen LogP contribution in [0.15, 0.2) is 73.1 Å². The Bertz CT molecular complexity index is 931. The van der Waals surface area contributed by atoms with Gasteiger partial charge in [-0.1, -0.05) is 47.5 Å². The Labute approximate surface area is 167 Å². The number of morpholine rings is 1. The van der Waals surface area contributed by atoms with Crippen molar-refractivity contribution in [3.05, 3.63) is 94.2 Å². The van der Waals surface area contributed by atoms with E-state index in [1.165, 1.54) is 0 Å². The van der Waals surface area contributed by atoms with Crippen LogP contribution in [0.25, 0.3) is 0 Å². The summed E-state index contributed by atoms with van der Waals surface area (Å²) >= 11 is 12.1. The number of hydrogen-bond donors (Lipinski definition) is 0. The maximum absolute atomic E-state index is 12.8. The monoisotopic (exact) mass is 398 g/mol. The average molecular weight is 399 g/mol. The second-order valence-corrected chi connectivity index (χ2v) is 7.13. The zero-order chi connectivity index (χ0) is 18.8. The minimum absolute atomic E-state index is 0.00766. The number of amides is 1. The zero-order valence-corrected chi connectivity index (χ0v) is 15.8. The Morgan fingerprint density at radius 1 is 0.926 bits per heavy atom. The van der Waals surface area contributed by atoms with Crippen LogP contribution in [0.4, 0.5) is 5.69 Å². The van der Waals surface area contributed by atoms with Crippen molar-refractivity contribution >= 4 is 34.8 Å². The van der Waals surface area contributed by atoms with Crippen LogP contribution in [0.3, 0.4) is 0 Å². The van der Waals surface area contributed by atoms with Crippen LogP contribution in [0, 0.1) is 0 Å². The van der Waals surface area contributed by atoms with Crippen molar-refractivity contribution in [3.63, 3.8) is 0 Å². The number of benzene rings is 2. The molecule has 27 heavy (non-hydrogen) atoms. The molecule has 0 aliphatic carbocycles. The fourth-order valence-electron chi connectivity index (χ4n) is 3.33. The molecule has 136 valence electrons. The zero-order valence-electron chi connectivity index (χ0n) is 14.3. The maximum Gasteiger partial charge on any atom is 0.253 e. The average Bonchev–Trinajstić information content (AvgIpc) is 2.70. The van der Waals surface area contributed by atoms with Gasteiger partial charge in [-0.15, -0.1) is 0 Å². The maximum atomic E-state index is 12.8. The molecule has 3 aromatic rings. The molecule has 1 aliphatic heterocycles. The van der Waals surface area contributed by atoms with Crippen molar-refractivity contribution in [2.45, 2.75) is 12.1 Å². The first kappa shape index (κ1) is 18.0. The predicted octanol–water partition coefficient (Wildman–Crippen LogP) is 5.23. The van der Waals surface area contributed by atoms with Gasteiger partial charge in [-0.3, -0.25) is 14.7 Å². The third-order valence-electron chi connectivity index (χ3n) is 4.55. The van der Waals surface area contributed by atoms with Crippen LogP contribution in [0.2, 0.25) is 10.0 Å². The molecule has 4 rings (SSSR count). The lowest BCUT2D eigenvalue weighted by Gasteiger charge is -2.41. The van der Waals surface area contributed by atoms with Gasteiger partial charge in [0.1, 0.15) is 12.7 Å². The number of ether oxygens (including phenoxy) is 1. The molecule has 6 heteroatoms. The summed E-state index contributed by atoms with van der Waals surface area (Å²) < 4.78 is 5.98. The molecule has 0 spiro atoms. The van der Waals surface area contributed by atoms with E-state index in [9.17, 15) is 4.79 Å². The van der Waals surface area contributed by atoms with Crippen molar-refractivity contribution in [2.75, 3.05) is 11.5 Å². The second kappa shape index (κ2) is 7.69. The van der Waals surface area contributed by atoms with Gasteiger partial charge in [0.25, 0.3) is 5.91 Å². The predicted molar refractivity (Wildman–Crippen MR) is 106 cm³/mol. The molecular formula is C21H16Cl2N2O2. The number of pyridine rings is 1. The van der Waals surface area contributed by atoms with E-state index in [4.69, 9.17) is 27.9 Å². The Hall–Kier alpha value is -2.40. The quantitative estimate of drug-likeness (QED) is 0.606. The molecule has 2 atom stereocenters. The molecule has 1 aromatic heterocycles. The van der Waals surface area contributed by atoms with Gasteiger partial charge in [-0.2, -0.15) is 0 Å². The van der Waals surface area contributed by atoms with Gasteiger partial charge < -0.3 is 4.74 Å². The third-order valence-corrected chi connectivity index (χ3v) is 5.06. The largest absolute Gasteiger partial charge is 0.361 e. The molecule has 2 heterocycles. The first-order valence-electron chi connectivity index (χ1n) is 8.48. The van der Waals surface area contributed by atoms with Gasteiger partial charge in [-0.05, 0) is 47.5 Å². The molecule has 0 N–H and O–H groups in total. The summed E-state index contributed by atoms with van der Waals surface area (Å²) in [6, 6.07) is 18.3. The number of carbonyl (C=O) groups is 1. The summed E-state index contributed by atoms with van der Waals surface area (Å²) in [4.78, 5) is 18.7. The standard InChI is InChI=1S/C21H16Cl2N2O2/c22-16-7-3-14(4-8-16)20-21(15-5-9-17(23)10-6-15)27-13-19(26)25(20)18-2-1-11-24-12-18/h1-12,20-21H,13H2. The van der Waals surface area contributed by atoms with Crippen molar-refractivity contribution in [2.24, 2.45) is 0 Å². The van der Waals surface area contributed by atoms with Gasteiger partial charge in [0, 0.05) is 16.2 Å². The first-order chi connectivity index (χ1) is 13.1. The first-order valence-corrected chi connectivity index (χ1v) is 9.24. The van der Waals surface area contributed by atoms with Gasteiger partial charge in [-0.25, -0.2) is 0 Å². The lowest BCUT2D eigenvalue weighted by Crippen LogP contribution is -2.46. The minimum atomic E-state index is -0.353. The van der Waals surface area contributed by atoms with Crippen molar-refractivity contribution in [1.29, 1.82) is 0 Å². The number of rotatable bonds is 3. The molecule has 2 unspecified atom stereocenters. The SMILES string of the molecule is O=C1COC(c2ccc(Cl)cc2)C(c2ccc(Cl)cc2)N1c1cccnc1. The fourth-order valence-corrected chi connectivity index (χ4v) is 3.58. The number of halogens is 2. The molecule has 0 saturated carbocycles. The summed E-state index contributed by atoms with van der Waals surface area (Å²) in [7, 11) is 0. The third kappa shape index (κ3) is 3.69. The highest BCUT2D eigenvalue weighted by Crippen LogP contribution is 2.42. The van der Waals surface area contributed by atoms with Gasteiger partial charge in [0.15, 0.2) is 0 Å². The van der Waals surface area contributed by atoms with Gasteiger partial charge >= 0.3 is 0 Å². The van der Waals surface area contributed by atoms with Crippen LogP contribution in [-0.2, 0) is 9.53 Å². The van der Waals surface area contributed by atoms with Crippen LogP contribution < -0.4 is 4.90 Å². The molecule has 0 radical (unpaired) electrons. The van der Waals surface area contributed by atoms with Crippen molar-refractivity contribution in [1.82, 2.24) is 4.98 Å². The van der Waals surface area contributed by atoms with E-state index < -0.39 is 0 Å². The van der Waals surface area contributed by atoms with Crippen molar-refractivity contribution < 1.29 is 9.53 Å². The molecule has 4 nitrogen and oxygen atoms in total. The van der Waals surface area contributed by atoms with E-state index in [0.717, 1.165) is 16.8 Å². The Balaban J connectivity index is 1.83. The fraction of sp³-hybridized carbons (Fsp3) is 0.143. The normalized spacial score (nSPS) is 19.9. The van der Waals surface area contributed by atoms with E-state index in [-0.39, 0.29) is 24.7 Å². The van der Waals surface area contributed by atoms with E-state index >= 15 is 0 Å². The molecule has 0 bridgehead atoms.